The standard InChI is InChI=1S/C18H25N3O/c1-17(6-2-7-18(12-17)8-3-9-22-18)13-21-16-10-14(11-19)4-5-15(16)20/h4-5,10,21H,2-3,6-9,12-13,20H2,1H3/t17-,18?/m0/s1. The SMILES string of the molecule is C[C@]1(CNc2cc(C#N)ccc2N)CCCC2(CCCO2)C1. The summed E-state index contributed by atoms with van der Waals surface area (Å²) in [5, 5.41) is 12.5. The van der Waals surface area contributed by atoms with Crippen molar-refractivity contribution < 1.29 is 4.74 Å². The Bertz CT molecular complexity index is 586. The summed E-state index contributed by atoms with van der Waals surface area (Å²) in [6.45, 7) is 4.13. The van der Waals surface area contributed by atoms with Gasteiger partial charge in [0.15, 0.2) is 0 Å². The fraction of sp³-hybridized carbons (Fsp3) is 0.611. The highest BCUT2D eigenvalue weighted by molar-refractivity contribution is 5.68. The molecule has 3 N–H and O–H groups in total. The minimum Gasteiger partial charge on any atom is -0.397 e. The molecule has 1 unspecified atom stereocenters. The fourth-order valence-corrected chi connectivity index (χ4v) is 4.12. The van der Waals surface area contributed by atoms with E-state index in [2.05, 4.69) is 18.3 Å². The molecule has 1 aromatic rings. The van der Waals surface area contributed by atoms with Gasteiger partial charge in [0, 0.05) is 13.2 Å². The van der Waals surface area contributed by atoms with Crippen LogP contribution >= 0.6 is 0 Å². The molecule has 1 aromatic carbocycles. The molecule has 0 aromatic heterocycles. The molecule has 0 bridgehead atoms. The Labute approximate surface area is 132 Å². The van der Waals surface area contributed by atoms with Gasteiger partial charge in [-0.05, 0) is 62.1 Å². The molecular weight excluding hydrogens is 274 g/mol. The van der Waals surface area contributed by atoms with Gasteiger partial charge in [-0.3, -0.25) is 0 Å². The van der Waals surface area contributed by atoms with Crippen LogP contribution in [0.2, 0.25) is 0 Å². The molecule has 1 saturated heterocycles. The lowest BCUT2D eigenvalue weighted by atomic mass is 9.67. The highest BCUT2D eigenvalue weighted by Gasteiger charge is 2.44. The number of hydrogen-bond donors (Lipinski definition) is 2. The van der Waals surface area contributed by atoms with Crippen molar-refractivity contribution in [3.05, 3.63) is 23.8 Å². The second-order valence-electron chi connectivity index (χ2n) is 7.24. The summed E-state index contributed by atoms with van der Waals surface area (Å²) in [5.74, 6) is 0. The van der Waals surface area contributed by atoms with E-state index in [4.69, 9.17) is 15.7 Å². The molecule has 3 rings (SSSR count). The lowest BCUT2D eigenvalue weighted by Crippen LogP contribution is -2.42. The molecule has 4 nitrogen and oxygen atoms in total. The minimum atomic E-state index is 0.120. The molecule has 1 aliphatic carbocycles. The zero-order valence-corrected chi connectivity index (χ0v) is 13.3. The Morgan fingerprint density at radius 2 is 2.14 bits per heavy atom. The number of nitrogens with two attached hydrogens (primary N) is 1. The number of nitrogen functional groups attached to an aromatic ring is 1. The number of benzene rings is 1. The van der Waals surface area contributed by atoms with E-state index in [0.717, 1.165) is 25.3 Å². The van der Waals surface area contributed by atoms with Crippen LogP contribution in [0, 0.1) is 16.7 Å². The Kier molecular flexibility index (Phi) is 4.01. The van der Waals surface area contributed by atoms with Gasteiger partial charge in [-0.2, -0.15) is 5.26 Å². The Hall–Kier alpha value is -1.73. The number of nitrogens with one attached hydrogen (secondary N) is 1. The lowest BCUT2D eigenvalue weighted by Gasteiger charge is -2.44. The summed E-state index contributed by atoms with van der Waals surface area (Å²) >= 11 is 0. The Morgan fingerprint density at radius 3 is 2.86 bits per heavy atom. The number of nitrogens with zero attached hydrogens (tertiary/aromatic N) is 1. The molecule has 118 valence electrons. The third-order valence-electron chi connectivity index (χ3n) is 5.23. The summed E-state index contributed by atoms with van der Waals surface area (Å²) < 4.78 is 6.09. The number of ether oxygens (including phenoxy) is 1. The van der Waals surface area contributed by atoms with Crippen molar-refractivity contribution in [3.63, 3.8) is 0 Å². The summed E-state index contributed by atoms with van der Waals surface area (Å²) in [7, 11) is 0. The average Bonchev–Trinajstić information content (AvgIpc) is 2.94. The van der Waals surface area contributed by atoms with Crippen LogP contribution in [-0.4, -0.2) is 18.8 Å². The molecule has 2 atom stereocenters. The largest absolute Gasteiger partial charge is 0.397 e. The van der Waals surface area contributed by atoms with Crippen LogP contribution in [0.5, 0.6) is 0 Å². The third-order valence-corrected chi connectivity index (χ3v) is 5.23. The van der Waals surface area contributed by atoms with E-state index in [-0.39, 0.29) is 11.0 Å². The first-order valence-corrected chi connectivity index (χ1v) is 8.22. The summed E-state index contributed by atoms with van der Waals surface area (Å²) in [6, 6.07) is 7.55. The van der Waals surface area contributed by atoms with Crippen molar-refractivity contribution in [2.45, 2.75) is 51.0 Å². The highest BCUT2D eigenvalue weighted by Crippen LogP contribution is 2.47. The van der Waals surface area contributed by atoms with Crippen LogP contribution in [0.15, 0.2) is 18.2 Å². The monoisotopic (exact) mass is 299 g/mol. The van der Waals surface area contributed by atoms with Crippen LogP contribution < -0.4 is 11.1 Å². The first-order valence-electron chi connectivity index (χ1n) is 8.22. The van der Waals surface area contributed by atoms with Gasteiger partial charge < -0.3 is 15.8 Å². The predicted octanol–water partition coefficient (Wildman–Crippen LogP) is 3.68. The normalized spacial score (nSPS) is 31.1. The maximum Gasteiger partial charge on any atom is 0.0992 e. The maximum atomic E-state index is 9.02. The van der Waals surface area contributed by atoms with Gasteiger partial charge in [0.1, 0.15) is 0 Å². The van der Waals surface area contributed by atoms with Gasteiger partial charge in [-0.25, -0.2) is 0 Å². The lowest BCUT2D eigenvalue weighted by molar-refractivity contribution is -0.0600. The molecule has 1 spiro atoms. The van der Waals surface area contributed by atoms with Crippen molar-refractivity contribution in [3.8, 4) is 6.07 Å². The second kappa shape index (κ2) is 5.81. The van der Waals surface area contributed by atoms with Gasteiger partial charge in [0.2, 0.25) is 0 Å². The van der Waals surface area contributed by atoms with E-state index in [1.165, 1.54) is 32.1 Å². The number of anilines is 2. The van der Waals surface area contributed by atoms with Crippen molar-refractivity contribution in [1.82, 2.24) is 0 Å². The van der Waals surface area contributed by atoms with E-state index in [1.54, 1.807) is 12.1 Å². The molecule has 22 heavy (non-hydrogen) atoms. The van der Waals surface area contributed by atoms with E-state index >= 15 is 0 Å². The number of rotatable bonds is 3. The fourth-order valence-electron chi connectivity index (χ4n) is 4.12. The highest BCUT2D eigenvalue weighted by atomic mass is 16.5. The summed E-state index contributed by atoms with van der Waals surface area (Å²) in [5.41, 5.74) is 8.57. The van der Waals surface area contributed by atoms with E-state index in [9.17, 15) is 0 Å². The van der Waals surface area contributed by atoms with Crippen molar-refractivity contribution in [2.75, 3.05) is 24.2 Å². The van der Waals surface area contributed by atoms with Crippen LogP contribution in [0.25, 0.3) is 0 Å². The molecule has 1 aliphatic heterocycles. The third kappa shape index (κ3) is 3.05. The quantitative estimate of drug-likeness (QED) is 0.835. The van der Waals surface area contributed by atoms with Crippen LogP contribution in [0.3, 0.4) is 0 Å². The Morgan fingerprint density at radius 1 is 1.32 bits per heavy atom. The molecule has 1 heterocycles. The van der Waals surface area contributed by atoms with Crippen molar-refractivity contribution >= 4 is 11.4 Å². The zero-order chi connectivity index (χ0) is 15.6. The Balaban J connectivity index is 1.69. The molecule has 2 aliphatic rings. The summed E-state index contributed by atoms with van der Waals surface area (Å²) in [6.07, 6.45) is 7.16. The second-order valence-corrected chi connectivity index (χ2v) is 7.24. The number of nitriles is 1. The topological polar surface area (TPSA) is 71.1 Å². The van der Waals surface area contributed by atoms with Gasteiger partial charge in [0.05, 0.1) is 28.6 Å². The van der Waals surface area contributed by atoms with Crippen molar-refractivity contribution in [2.24, 2.45) is 5.41 Å². The molecule has 2 fully saturated rings. The van der Waals surface area contributed by atoms with E-state index in [0.29, 0.717) is 11.3 Å². The van der Waals surface area contributed by atoms with Crippen LogP contribution in [0.4, 0.5) is 11.4 Å². The van der Waals surface area contributed by atoms with E-state index < -0.39 is 0 Å². The maximum absolute atomic E-state index is 9.02. The van der Waals surface area contributed by atoms with E-state index in [1.807, 2.05) is 6.07 Å². The average molecular weight is 299 g/mol. The smallest absolute Gasteiger partial charge is 0.0992 e. The zero-order valence-electron chi connectivity index (χ0n) is 13.3. The molecule has 0 amide bonds. The molecule has 1 saturated carbocycles. The van der Waals surface area contributed by atoms with Crippen molar-refractivity contribution in [1.29, 1.82) is 5.26 Å². The van der Waals surface area contributed by atoms with Gasteiger partial charge in [-0.15, -0.1) is 0 Å². The predicted molar refractivity (Wildman–Crippen MR) is 88.6 cm³/mol. The molecule has 0 radical (unpaired) electrons. The van der Waals surface area contributed by atoms with Crippen LogP contribution in [0.1, 0.15) is 51.0 Å². The van der Waals surface area contributed by atoms with Gasteiger partial charge >= 0.3 is 0 Å². The molecule has 4 heteroatoms. The van der Waals surface area contributed by atoms with Gasteiger partial charge in [-0.1, -0.05) is 6.92 Å². The van der Waals surface area contributed by atoms with Gasteiger partial charge in [0.25, 0.3) is 0 Å². The summed E-state index contributed by atoms with van der Waals surface area (Å²) in [4.78, 5) is 0. The number of hydrogen-bond acceptors (Lipinski definition) is 4. The first kappa shape index (κ1) is 15.2. The first-order chi connectivity index (χ1) is 10.5. The minimum absolute atomic E-state index is 0.120. The van der Waals surface area contributed by atoms with Crippen LogP contribution in [-0.2, 0) is 4.74 Å². The molecular formula is C18H25N3O.